The van der Waals surface area contributed by atoms with Crippen LogP contribution in [0.15, 0.2) is 48.5 Å². The minimum absolute atomic E-state index is 0.00278. The molecule has 2 N–H and O–H groups in total. The van der Waals surface area contributed by atoms with Crippen LogP contribution in [-0.4, -0.2) is 45.3 Å². The van der Waals surface area contributed by atoms with Gasteiger partial charge in [-0.2, -0.15) is 0 Å². The second-order valence-corrected chi connectivity index (χ2v) is 6.77. The predicted molar refractivity (Wildman–Crippen MR) is 116 cm³/mol. The standard InChI is InChI=1S/C23H28N2O7/c1-29-18-10-9-17(20(13-18)30-2)14-24-21(26)12-11-19(22(27)31-3)25-23(28)32-15-16-7-5-4-6-8-16/h4-10,13,19H,11-12,14-15H2,1-3H3,(H,24,26)(H,25,28). The van der Waals surface area contributed by atoms with Crippen molar-refractivity contribution in [2.75, 3.05) is 21.3 Å². The van der Waals surface area contributed by atoms with Crippen molar-refractivity contribution < 1.29 is 33.3 Å². The molecule has 0 fully saturated rings. The van der Waals surface area contributed by atoms with Crippen molar-refractivity contribution in [1.82, 2.24) is 10.6 Å². The van der Waals surface area contributed by atoms with E-state index >= 15 is 0 Å². The van der Waals surface area contributed by atoms with Gasteiger partial charge in [0.1, 0.15) is 24.1 Å². The average molecular weight is 444 g/mol. The average Bonchev–Trinajstić information content (AvgIpc) is 2.83. The molecule has 1 atom stereocenters. The molecule has 0 radical (unpaired) electrons. The molecule has 0 saturated carbocycles. The Morgan fingerprint density at radius 3 is 2.38 bits per heavy atom. The number of ether oxygens (including phenoxy) is 4. The van der Waals surface area contributed by atoms with E-state index in [2.05, 4.69) is 10.6 Å². The molecule has 2 aromatic rings. The minimum Gasteiger partial charge on any atom is -0.497 e. The fourth-order valence-corrected chi connectivity index (χ4v) is 2.85. The molecule has 172 valence electrons. The smallest absolute Gasteiger partial charge is 0.408 e. The van der Waals surface area contributed by atoms with E-state index < -0.39 is 18.1 Å². The number of methoxy groups -OCH3 is 3. The Hall–Kier alpha value is -3.75. The van der Waals surface area contributed by atoms with Gasteiger partial charge >= 0.3 is 12.1 Å². The van der Waals surface area contributed by atoms with E-state index in [-0.39, 0.29) is 31.9 Å². The number of alkyl carbamates (subject to hydrolysis) is 1. The first-order chi connectivity index (χ1) is 15.5. The fraction of sp³-hybridized carbons (Fsp3) is 0.348. The third kappa shape index (κ3) is 7.82. The van der Waals surface area contributed by atoms with Gasteiger partial charge in [-0.1, -0.05) is 30.3 Å². The highest BCUT2D eigenvalue weighted by molar-refractivity contribution is 5.82. The highest BCUT2D eigenvalue weighted by Crippen LogP contribution is 2.24. The molecule has 2 aromatic carbocycles. The topological polar surface area (TPSA) is 112 Å². The molecular weight excluding hydrogens is 416 g/mol. The highest BCUT2D eigenvalue weighted by atomic mass is 16.6. The Morgan fingerprint density at radius 1 is 0.969 bits per heavy atom. The second-order valence-electron chi connectivity index (χ2n) is 6.77. The van der Waals surface area contributed by atoms with Crippen molar-refractivity contribution >= 4 is 18.0 Å². The molecular formula is C23H28N2O7. The van der Waals surface area contributed by atoms with Crippen molar-refractivity contribution in [3.63, 3.8) is 0 Å². The molecule has 0 bridgehead atoms. The lowest BCUT2D eigenvalue weighted by Crippen LogP contribution is -2.42. The third-order valence-corrected chi connectivity index (χ3v) is 4.62. The van der Waals surface area contributed by atoms with Crippen LogP contribution in [0.4, 0.5) is 4.79 Å². The molecule has 0 aliphatic carbocycles. The summed E-state index contributed by atoms with van der Waals surface area (Å²) in [5.74, 6) is 0.269. The Kier molecular flexibility index (Phi) is 9.83. The van der Waals surface area contributed by atoms with Crippen LogP contribution in [0.5, 0.6) is 11.5 Å². The summed E-state index contributed by atoms with van der Waals surface area (Å²) < 4.78 is 20.3. The summed E-state index contributed by atoms with van der Waals surface area (Å²) in [6.45, 7) is 0.298. The Labute approximate surface area is 187 Å². The lowest BCUT2D eigenvalue weighted by Gasteiger charge is -2.16. The maximum Gasteiger partial charge on any atom is 0.408 e. The van der Waals surface area contributed by atoms with Crippen molar-refractivity contribution in [1.29, 1.82) is 0 Å². The van der Waals surface area contributed by atoms with E-state index in [1.54, 1.807) is 25.3 Å². The van der Waals surface area contributed by atoms with Gasteiger partial charge in [0.25, 0.3) is 0 Å². The molecule has 32 heavy (non-hydrogen) atoms. The highest BCUT2D eigenvalue weighted by Gasteiger charge is 2.23. The molecule has 9 heteroatoms. The largest absolute Gasteiger partial charge is 0.497 e. The molecule has 0 heterocycles. The number of esters is 1. The normalized spacial score (nSPS) is 11.1. The summed E-state index contributed by atoms with van der Waals surface area (Å²) in [4.78, 5) is 36.3. The van der Waals surface area contributed by atoms with Crippen LogP contribution < -0.4 is 20.1 Å². The van der Waals surface area contributed by atoms with Gasteiger partial charge in [-0.05, 0) is 24.1 Å². The van der Waals surface area contributed by atoms with Crippen molar-refractivity contribution in [3.05, 3.63) is 59.7 Å². The number of benzene rings is 2. The molecule has 0 aliphatic heterocycles. The van der Waals surface area contributed by atoms with Gasteiger partial charge in [-0.15, -0.1) is 0 Å². The van der Waals surface area contributed by atoms with E-state index in [9.17, 15) is 14.4 Å². The maximum atomic E-state index is 12.3. The van der Waals surface area contributed by atoms with Crippen LogP contribution in [0.1, 0.15) is 24.0 Å². The van der Waals surface area contributed by atoms with Gasteiger partial charge in [0.2, 0.25) is 5.91 Å². The van der Waals surface area contributed by atoms with Crippen LogP contribution >= 0.6 is 0 Å². The van der Waals surface area contributed by atoms with Crippen molar-refractivity contribution in [3.8, 4) is 11.5 Å². The molecule has 0 aliphatic rings. The lowest BCUT2D eigenvalue weighted by molar-refractivity contribution is -0.143. The van der Waals surface area contributed by atoms with Gasteiger partial charge in [0, 0.05) is 24.6 Å². The molecule has 2 amide bonds. The first-order valence-corrected chi connectivity index (χ1v) is 9.99. The monoisotopic (exact) mass is 444 g/mol. The Balaban J connectivity index is 1.83. The van der Waals surface area contributed by atoms with Gasteiger partial charge in [0.05, 0.1) is 21.3 Å². The van der Waals surface area contributed by atoms with Crippen LogP contribution in [0.3, 0.4) is 0 Å². The van der Waals surface area contributed by atoms with Gasteiger partial charge < -0.3 is 29.6 Å². The molecule has 2 rings (SSSR count). The van der Waals surface area contributed by atoms with E-state index in [0.717, 1.165) is 11.1 Å². The van der Waals surface area contributed by atoms with Gasteiger partial charge in [0.15, 0.2) is 0 Å². The summed E-state index contributed by atoms with van der Waals surface area (Å²) in [6, 6.07) is 13.4. The lowest BCUT2D eigenvalue weighted by atomic mass is 10.1. The summed E-state index contributed by atoms with van der Waals surface area (Å²) >= 11 is 0. The van der Waals surface area contributed by atoms with Crippen LogP contribution in [-0.2, 0) is 32.2 Å². The number of hydrogen-bond donors (Lipinski definition) is 2. The zero-order valence-electron chi connectivity index (χ0n) is 18.4. The molecule has 9 nitrogen and oxygen atoms in total. The quantitative estimate of drug-likeness (QED) is 0.512. The van der Waals surface area contributed by atoms with Crippen LogP contribution in [0.25, 0.3) is 0 Å². The summed E-state index contributed by atoms with van der Waals surface area (Å²) in [5.41, 5.74) is 1.58. The number of hydrogen-bond acceptors (Lipinski definition) is 7. The van der Waals surface area contributed by atoms with Crippen LogP contribution in [0, 0.1) is 0 Å². The number of rotatable bonds is 11. The third-order valence-electron chi connectivity index (χ3n) is 4.62. The first-order valence-electron chi connectivity index (χ1n) is 9.99. The van der Waals surface area contributed by atoms with E-state index in [4.69, 9.17) is 18.9 Å². The minimum atomic E-state index is -1.01. The molecule has 0 spiro atoms. The molecule has 0 aromatic heterocycles. The van der Waals surface area contributed by atoms with Gasteiger partial charge in [-0.25, -0.2) is 9.59 Å². The fourth-order valence-electron chi connectivity index (χ4n) is 2.85. The molecule has 0 saturated heterocycles. The summed E-state index contributed by atoms with van der Waals surface area (Å²) in [6.07, 6.45) is -0.719. The number of carbonyl (C=O) groups excluding carboxylic acids is 3. The van der Waals surface area contributed by atoms with Gasteiger partial charge in [-0.3, -0.25) is 4.79 Å². The number of amides is 2. The zero-order valence-corrected chi connectivity index (χ0v) is 18.4. The first kappa shape index (κ1) is 24.5. The Morgan fingerprint density at radius 2 is 1.72 bits per heavy atom. The number of carbonyl (C=O) groups is 3. The van der Waals surface area contributed by atoms with E-state index in [1.807, 2.05) is 30.3 Å². The zero-order chi connectivity index (χ0) is 23.3. The van der Waals surface area contributed by atoms with Crippen molar-refractivity contribution in [2.24, 2.45) is 0 Å². The second kappa shape index (κ2) is 12.8. The Bertz CT molecular complexity index is 902. The van der Waals surface area contributed by atoms with Crippen molar-refractivity contribution in [2.45, 2.75) is 32.0 Å². The van der Waals surface area contributed by atoms with Crippen LogP contribution in [0.2, 0.25) is 0 Å². The molecule has 1 unspecified atom stereocenters. The SMILES string of the molecule is COC(=O)C(CCC(=O)NCc1ccc(OC)cc1OC)NC(=O)OCc1ccccc1. The number of nitrogens with one attached hydrogen (secondary N) is 2. The predicted octanol–water partition coefficient (Wildman–Crippen LogP) is 2.57. The summed E-state index contributed by atoms with van der Waals surface area (Å²) in [7, 11) is 4.30. The van der Waals surface area contributed by atoms with E-state index in [1.165, 1.54) is 14.2 Å². The maximum absolute atomic E-state index is 12.3. The van der Waals surface area contributed by atoms with E-state index in [0.29, 0.717) is 11.5 Å². The summed E-state index contributed by atoms with van der Waals surface area (Å²) in [5, 5.41) is 5.22.